The number of nitrogens with two attached hydrogens (primary N) is 1. The number of amides is 2. The van der Waals surface area contributed by atoms with E-state index in [4.69, 9.17) is 5.73 Å². The summed E-state index contributed by atoms with van der Waals surface area (Å²) in [6, 6.07) is 4.75. The van der Waals surface area contributed by atoms with Gasteiger partial charge in [0.1, 0.15) is 0 Å². The van der Waals surface area contributed by atoms with Crippen LogP contribution in [0.25, 0.3) is 0 Å². The third-order valence-electron chi connectivity index (χ3n) is 7.97. The SMILES string of the molecule is CC(C(N)=O)N1CCC(n2ncc(C(=O)N3CCCC3c3ccccc3C(F)(F)F)c2C2CC2)CC1. The van der Waals surface area contributed by atoms with Crippen LogP contribution in [0.4, 0.5) is 13.2 Å². The van der Waals surface area contributed by atoms with Gasteiger partial charge in [-0.2, -0.15) is 18.3 Å². The molecule has 2 unspecified atom stereocenters. The fraction of sp³-hybridized carbons (Fsp3) is 0.577. The van der Waals surface area contributed by atoms with Crippen LogP contribution in [0, 0.1) is 0 Å². The van der Waals surface area contributed by atoms with Gasteiger partial charge >= 0.3 is 6.18 Å². The van der Waals surface area contributed by atoms with E-state index in [-0.39, 0.29) is 35.4 Å². The molecule has 2 aliphatic heterocycles. The lowest BCUT2D eigenvalue weighted by Crippen LogP contribution is -2.46. The minimum atomic E-state index is -4.47. The Bertz CT molecular complexity index is 1130. The first-order valence-electron chi connectivity index (χ1n) is 12.7. The van der Waals surface area contributed by atoms with Crippen LogP contribution < -0.4 is 5.73 Å². The Balaban J connectivity index is 1.40. The molecular weight excluding hydrogens is 471 g/mol. The van der Waals surface area contributed by atoms with Gasteiger partial charge in [-0.1, -0.05) is 18.2 Å². The maximum atomic E-state index is 13.8. The average Bonchev–Trinajstić information content (AvgIpc) is 3.40. The van der Waals surface area contributed by atoms with Crippen LogP contribution >= 0.6 is 0 Å². The third kappa shape index (κ3) is 4.63. The fourth-order valence-electron chi connectivity index (χ4n) is 5.82. The van der Waals surface area contributed by atoms with E-state index in [0.717, 1.165) is 37.4 Å². The van der Waals surface area contributed by atoms with E-state index in [2.05, 4.69) is 10.00 Å². The second kappa shape index (κ2) is 9.53. The number of halogens is 3. The number of hydrogen-bond acceptors (Lipinski definition) is 4. The monoisotopic (exact) mass is 503 g/mol. The number of rotatable bonds is 6. The van der Waals surface area contributed by atoms with Crippen molar-refractivity contribution in [2.24, 2.45) is 5.73 Å². The van der Waals surface area contributed by atoms with Gasteiger partial charge in [0.15, 0.2) is 0 Å². The number of aromatic nitrogens is 2. The molecule has 5 rings (SSSR count). The van der Waals surface area contributed by atoms with E-state index in [1.54, 1.807) is 17.2 Å². The molecule has 2 saturated heterocycles. The minimum absolute atomic E-state index is 0.110. The summed E-state index contributed by atoms with van der Waals surface area (Å²) >= 11 is 0. The highest BCUT2D eigenvalue weighted by Gasteiger charge is 2.42. The molecule has 2 atom stereocenters. The van der Waals surface area contributed by atoms with E-state index in [1.807, 2.05) is 11.6 Å². The predicted octanol–water partition coefficient (Wildman–Crippen LogP) is 4.27. The van der Waals surface area contributed by atoms with Gasteiger partial charge in [0, 0.05) is 25.6 Å². The van der Waals surface area contributed by atoms with Gasteiger partial charge < -0.3 is 10.6 Å². The summed E-state index contributed by atoms with van der Waals surface area (Å²) in [6.45, 7) is 3.66. The van der Waals surface area contributed by atoms with Gasteiger partial charge in [-0.15, -0.1) is 0 Å². The highest BCUT2D eigenvalue weighted by molar-refractivity contribution is 5.96. The number of likely N-dealkylation sites (tertiary alicyclic amines) is 2. The van der Waals surface area contributed by atoms with Crippen molar-refractivity contribution < 1.29 is 22.8 Å². The molecule has 36 heavy (non-hydrogen) atoms. The summed E-state index contributed by atoms with van der Waals surface area (Å²) in [5.41, 5.74) is 6.38. The Morgan fingerprint density at radius 1 is 1.06 bits per heavy atom. The van der Waals surface area contributed by atoms with Crippen molar-refractivity contribution in [3.8, 4) is 0 Å². The van der Waals surface area contributed by atoms with Gasteiger partial charge in [-0.25, -0.2) is 0 Å². The summed E-state index contributed by atoms with van der Waals surface area (Å²) in [5.74, 6) is -0.327. The molecule has 0 bridgehead atoms. The van der Waals surface area contributed by atoms with Crippen LogP contribution in [-0.4, -0.2) is 57.1 Å². The average molecular weight is 504 g/mol. The summed E-state index contributed by atoms with van der Waals surface area (Å²) in [5, 5.41) is 4.63. The van der Waals surface area contributed by atoms with Crippen LogP contribution in [0.2, 0.25) is 0 Å². The van der Waals surface area contributed by atoms with E-state index >= 15 is 0 Å². The van der Waals surface area contributed by atoms with Gasteiger partial charge in [0.2, 0.25) is 5.91 Å². The predicted molar refractivity (Wildman–Crippen MR) is 127 cm³/mol. The Morgan fingerprint density at radius 3 is 2.39 bits per heavy atom. The summed E-state index contributed by atoms with van der Waals surface area (Å²) in [6.07, 6.45) is 1.83. The second-order valence-corrected chi connectivity index (χ2v) is 10.2. The number of benzene rings is 1. The number of alkyl halides is 3. The first-order chi connectivity index (χ1) is 17.2. The van der Waals surface area contributed by atoms with Crippen molar-refractivity contribution in [1.82, 2.24) is 19.6 Å². The smallest absolute Gasteiger partial charge is 0.368 e. The molecule has 0 radical (unpaired) electrons. The van der Waals surface area contributed by atoms with Crippen LogP contribution in [0.15, 0.2) is 30.5 Å². The number of carbonyl (C=O) groups excluding carboxylic acids is 2. The lowest BCUT2D eigenvalue weighted by molar-refractivity contribution is -0.138. The van der Waals surface area contributed by atoms with Gasteiger partial charge in [-0.3, -0.25) is 19.2 Å². The number of hydrogen-bond donors (Lipinski definition) is 1. The van der Waals surface area contributed by atoms with Crippen molar-refractivity contribution in [3.05, 3.63) is 52.8 Å². The molecule has 3 heterocycles. The van der Waals surface area contributed by atoms with E-state index in [9.17, 15) is 22.8 Å². The topological polar surface area (TPSA) is 84.5 Å². The molecule has 194 valence electrons. The maximum Gasteiger partial charge on any atom is 0.416 e. The first-order valence-corrected chi connectivity index (χ1v) is 12.7. The molecule has 0 spiro atoms. The van der Waals surface area contributed by atoms with Crippen molar-refractivity contribution in [3.63, 3.8) is 0 Å². The van der Waals surface area contributed by atoms with Crippen LogP contribution in [-0.2, 0) is 11.0 Å². The van der Waals surface area contributed by atoms with Crippen molar-refractivity contribution in [1.29, 1.82) is 0 Å². The van der Waals surface area contributed by atoms with Gasteiger partial charge in [0.25, 0.3) is 5.91 Å². The molecule has 1 aromatic heterocycles. The molecule has 1 aliphatic carbocycles. The van der Waals surface area contributed by atoms with Gasteiger partial charge in [0.05, 0.1) is 41.1 Å². The van der Waals surface area contributed by atoms with Gasteiger partial charge in [-0.05, 0) is 57.1 Å². The zero-order valence-corrected chi connectivity index (χ0v) is 20.4. The van der Waals surface area contributed by atoms with Crippen molar-refractivity contribution in [2.75, 3.05) is 19.6 Å². The fourth-order valence-corrected chi connectivity index (χ4v) is 5.82. The van der Waals surface area contributed by atoms with Crippen LogP contribution in [0.5, 0.6) is 0 Å². The van der Waals surface area contributed by atoms with Crippen molar-refractivity contribution in [2.45, 2.75) is 75.7 Å². The quantitative estimate of drug-likeness (QED) is 0.638. The molecule has 2 amide bonds. The minimum Gasteiger partial charge on any atom is -0.368 e. The standard InChI is InChI=1S/C26H32F3N5O2/c1-16(24(30)35)32-13-10-18(11-14-32)34-23(17-8-9-17)20(15-31-34)25(36)33-12-4-7-22(33)19-5-2-3-6-21(19)26(27,28)29/h2-3,5-6,15-18,22H,4,7-14H2,1H3,(H2,30,35). The molecule has 3 aliphatic rings. The Hall–Kier alpha value is -2.88. The Labute approximate surface area is 208 Å². The molecule has 3 fully saturated rings. The molecular formula is C26H32F3N5O2. The highest BCUT2D eigenvalue weighted by atomic mass is 19.4. The lowest BCUT2D eigenvalue weighted by atomic mass is 9.97. The van der Waals surface area contributed by atoms with Crippen LogP contribution in [0.3, 0.4) is 0 Å². The number of carbonyl (C=O) groups is 2. The molecule has 7 nitrogen and oxygen atoms in total. The molecule has 1 saturated carbocycles. The van der Waals surface area contributed by atoms with E-state index in [1.165, 1.54) is 12.1 Å². The second-order valence-electron chi connectivity index (χ2n) is 10.2. The molecule has 2 aromatic rings. The number of piperidine rings is 1. The van der Waals surface area contributed by atoms with Crippen LogP contribution in [0.1, 0.15) is 90.6 Å². The lowest BCUT2D eigenvalue weighted by Gasteiger charge is -2.35. The zero-order valence-electron chi connectivity index (χ0n) is 20.4. The molecule has 2 N–H and O–H groups in total. The summed E-state index contributed by atoms with van der Waals surface area (Å²) in [7, 11) is 0. The highest BCUT2D eigenvalue weighted by Crippen LogP contribution is 2.45. The number of nitrogens with zero attached hydrogens (tertiary/aromatic N) is 4. The molecule has 1 aromatic carbocycles. The third-order valence-corrected chi connectivity index (χ3v) is 7.97. The summed E-state index contributed by atoms with van der Waals surface area (Å²) < 4.78 is 43.1. The number of primary amides is 1. The van der Waals surface area contributed by atoms with E-state index < -0.39 is 17.8 Å². The Kier molecular flexibility index (Phi) is 6.57. The largest absolute Gasteiger partial charge is 0.416 e. The first kappa shape index (κ1) is 24.8. The Morgan fingerprint density at radius 2 is 1.75 bits per heavy atom. The van der Waals surface area contributed by atoms with Crippen molar-refractivity contribution >= 4 is 11.8 Å². The molecule has 10 heteroatoms. The maximum absolute atomic E-state index is 13.8. The normalized spacial score (nSPS) is 22.7. The zero-order chi connectivity index (χ0) is 25.6. The summed E-state index contributed by atoms with van der Waals surface area (Å²) in [4.78, 5) is 29.0. The van der Waals surface area contributed by atoms with E-state index in [0.29, 0.717) is 38.0 Å².